The summed E-state index contributed by atoms with van der Waals surface area (Å²) >= 11 is 1.69. The predicted octanol–water partition coefficient (Wildman–Crippen LogP) is 2.69. The monoisotopic (exact) mass is 388 g/mol. The number of aromatic nitrogens is 3. The lowest BCUT2D eigenvalue weighted by atomic mass is 10.1. The van der Waals surface area contributed by atoms with E-state index < -0.39 is 0 Å². The molecule has 0 unspecified atom stereocenters. The van der Waals surface area contributed by atoms with Gasteiger partial charge in [0, 0.05) is 38.8 Å². The normalized spacial score (nSPS) is 16.6. The van der Waals surface area contributed by atoms with Crippen molar-refractivity contribution < 1.29 is 9.53 Å². The molecule has 7 heteroatoms. The third-order valence-corrected chi connectivity index (χ3v) is 5.93. The second kappa shape index (κ2) is 9.90. The maximum atomic E-state index is 12.0. The first kappa shape index (κ1) is 19.9. The third-order valence-electron chi connectivity index (χ3n) is 4.78. The van der Waals surface area contributed by atoms with E-state index in [1.54, 1.807) is 11.8 Å². The minimum Gasteiger partial charge on any atom is -0.377 e. The van der Waals surface area contributed by atoms with Gasteiger partial charge in [-0.15, -0.1) is 10.2 Å². The number of nitrogens with one attached hydrogen (secondary N) is 1. The Morgan fingerprint density at radius 2 is 2.11 bits per heavy atom. The molecule has 1 amide bonds. The molecule has 146 valence electrons. The van der Waals surface area contributed by atoms with Gasteiger partial charge in [-0.3, -0.25) is 4.79 Å². The number of benzene rings is 1. The summed E-state index contributed by atoms with van der Waals surface area (Å²) in [6.45, 7) is 3.52. The summed E-state index contributed by atoms with van der Waals surface area (Å²) in [5.74, 6) is 1.89. The molecule has 0 saturated carbocycles. The molecule has 1 saturated heterocycles. The molecule has 2 heterocycles. The van der Waals surface area contributed by atoms with E-state index in [1.165, 1.54) is 11.1 Å². The maximum Gasteiger partial charge on any atom is 0.220 e. The van der Waals surface area contributed by atoms with Crippen LogP contribution in [-0.2, 0) is 29.4 Å². The van der Waals surface area contributed by atoms with Crippen molar-refractivity contribution in [3.63, 3.8) is 0 Å². The van der Waals surface area contributed by atoms with E-state index in [0.29, 0.717) is 25.5 Å². The van der Waals surface area contributed by atoms with E-state index >= 15 is 0 Å². The van der Waals surface area contributed by atoms with Crippen molar-refractivity contribution >= 4 is 17.7 Å². The molecule has 1 aliphatic rings. The number of aryl methyl sites for hydroxylation is 2. The average Bonchev–Trinajstić information content (AvgIpc) is 3.30. The number of carbonyl (C=O) groups is 1. The van der Waals surface area contributed by atoms with Crippen molar-refractivity contribution in [2.45, 2.75) is 50.3 Å². The number of ether oxygens (including phenoxy) is 1. The number of amides is 1. The Hall–Kier alpha value is -1.86. The quantitative estimate of drug-likeness (QED) is 0.669. The number of hydrogen-bond donors (Lipinski definition) is 1. The molecule has 1 aliphatic heterocycles. The highest BCUT2D eigenvalue weighted by atomic mass is 32.2. The molecule has 0 spiro atoms. The molecular formula is C20H28N4O2S. The molecule has 2 aromatic rings. The smallest absolute Gasteiger partial charge is 0.220 e. The van der Waals surface area contributed by atoms with Crippen LogP contribution in [0.2, 0.25) is 0 Å². The zero-order valence-corrected chi connectivity index (χ0v) is 16.9. The van der Waals surface area contributed by atoms with E-state index in [9.17, 15) is 4.79 Å². The number of carbonyl (C=O) groups excluding carboxylic acids is 1. The van der Waals surface area contributed by atoms with E-state index in [0.717, 1.165) is 42.6 Å². The topological polar surface area (TPSA) is 69.0 Å². The van der Waals surface area contributed by atoms with Crippen molar-refractivity contribution in [2.24, 2.45) is 7.05 Å². The van der Waals surface area contributed by atoms with Gasteiger partial charge in [0.15, 0.2) is 5.16 Å². The van der Waals surface area contributed by atoms with Crippen LogP contribution in [0.3, 0.4) is 0 Å². The third kappa shape index (κ3) is 6.07. The Morgan fingerprint density at radius 3 is 2.85 bits per heavy atom. The van der Waals surface area contributed by atoms with Gasteiger partial charge >= 0.3 is 0 Å². The molecule has 1 N–H and O–H groups in total. The summed E-state index contributed by atoms with van der Waals surface area (Å²) in [7, 11) is 1.98. The minimum atomic E-state index is 0.0747. The van der Waals surface area contributed by atoms with Gasteiger partial charge in [-0.05, 0) is 31.7 Å². The van der Waals surface area contributed by atoms with Crippen molar-refractivity contribution in [3.8, 4) is 0 Å². The van der Waals surface area contributed by atoms with Crippen LogP contribution >= 0.6 is 11.8 Å². The standard InChI is InChI=1S/C20H28N4O2S/c1-15-5-7-16(8-6-15)9-10-19(25)21-12-11-18-22-23-20(24(18)2)27-14-17-4-3-13-26-17/h5-8,17H,3-4,9-14H2,1-2H3,(H,21,25)/t17-/m0/s1. The number of thioether (sulfide) groups is 1. The highest BCUT2D eigenvalue weighted by Crippen LogP contribution is 2.22. The van der Waals surface area contributed by atoms with Crippen LogP contribution in [-0.4, -0.2) is 45.7 Å². The molecule has 1 aromatic heterocycles. The highest BCUT2D eigenvalue weighted by Gasteiger charge is 2.17. The lowest BCUT2D eigenvalue weighted by molar-refractivity contribution is -0.121. The minimum absolute atomic E-state index is 0.0747. The number of hydrogen-bond acceptors (Lipinski definition) is 5. The van der Waals surface area contributed by atoms with Crippen LogP contribution < -0.4 is 5.32 Å². The summed E-state index contributed by atoms with van der Waals surface area (Å²) in [5.41, 5.74) is 2.43. The van der Waals surface area contributed by atoms with E-state index in [4.69, 9.17) is 4.74 Å². The molecule has 3 rings (SSSR count). The van der Waals surface area contributed by atoms with Crippen molar-refractivity contribution in [2.75, 3.05) is 18.9 Å². The van der Waals surface area contributed by atoms with Crippen LogP contribution in [0, 0.1) is 6.92 Å². The molecule has 1 aromatic carbocycles. The Labute approximate surface area is 165 Å². The molecule has 1 fully saturated rings. The first-order valence-electron chi connectivity index (χ1n) is 9.57. The molecule has 1 atom stereocenters. The molecule has 0 radical (unpaired) electrons. The highest BCUT2D eigenvalue weighted by molar-refractivity contribution is 7.99. The van der Waals surface area contributed by atoms with E-state index in [1.807, 2.05) is 11.6 Å². The van der Waals surface area contributed by atoms with Gasteiger partial charge in [-0.1, -0.05) is 41.6 Å². The Morgan fingerprint density at radius 1 is 1.30 bits per heavy atom. The first-order valence-corrected chi connectivity index (χ1v) is 10.6. The van der Waals surface area contributed by atoms with Gasteiger partial charge in [-0.2, -0.15) is 0 Å². The van der Waals surface area contributed by atoms with Crippen LogP contribution in [0.25, 0.3) is 0 Å². The number of rotatable bonds is 9. The van der Waals surface area contributed by atoms with Gasteiger partial charge in [0.1, 0.15) is 5.82 Å². The fourth-order valence-corrected chi connectivity index (χ4v) is 4.04. The summed E-state index contributed by atoms with van der Waals surface area (Å²) in [5, 5.41) is 12.4. The second-order valence-corrected chi connectivity index (χ2v) is 7.98. The van der Waals surface area contributed by atoms with Gasteiger partial charge in [0.05, 0.1) is 6.10 Å². The van der Waals surface area contributed by atoms with Crippen LogP contribution in [0.15, 0.2) is 29.4 Å². The molecule has 0 aliphatic carbocycles. The van der Waals surface area contributed by atoms with Crippen LogP contribution in [0.1, 0.15) is 36.2 Å². The van der Waals surface area contributed by atoms with Gasteiger partial charge in [0.25, 0.3) is 0 Å². The van der Waals surface area contributed by atoms with Gasteiger partial charge < -0.3 is 14.6 Å². The maximum absolute atomic E-state index is 12.0. The molecular weight excluding hydrogens is 360 g/mol. The SMILES string of the molecule is Cc1ccc(CCC(=O)NCCc2nnc(SC[C@@H]3CCCO3)n2C)cc1. The lowest BCUT2D eigenvalue weighted by Crippen LogP contribution is -2.26. The largest absolute Gasteiger partial charge is 0.377 e. The van der Waals surface area contributed by atoms with E-state index in [2.05, 4.69) is 46.7 Å². The Balaban J connectivity index is 1.36. The molecule has 6 nitrogen and oxygen atoms in total. The van der Waals surface area contributed by atoms with E-state index in [-0.39, 0.29) is 5.91 Å². The average molecular weight is 389 g/mol. The van der Waals surface area contributed by atoms with Crippen molar-refractivity contribution in [1.82, 2.24) is 20.1 Å². The fraction of sp³-hybridized carbons (Fsp3) is 0.550. The van der Waals surface area contributed by atoms with Gasteiger partial charge in [-0.25, -0.2) is 0 Å². The Kier molecular flexibility index (Phi) is 7.29. The van der Waals surface area contributed by atoms with Crippen molar-refractivity contribution in [1.29, 1.82) is 0 Å². The van der Waals surface area contributed by atoms with Gasteiger partial charge in [0.2, 0.25) is 5.91 Å². The first-order chi connectivity index (χ1) is 13.1. The summed E-state index contributed by atoms with van der Waals surface area (Å²) < 4.78 is 7.66. The zero-order valence-electron chi connectivity index (χ0n) is 16.1. The summed E-state index contributed by atoms with van der Waals surface area (Å²) in [4.78, 5) is 12.0. The second-order valence-electron chi connectivity index (χ2n) is 6.99. The molecule has 27 heavy (non-hydrogen) atoms. The number of nitrogens with zero attached hydrogens (tertiary/aromatic N) is 3. The summed E-state index contributed by atoms with van der Waals surface area (Å²) in [6, 6.07) is 8.32. The van der Waals surface area contributed by atoms with Crippen molar-refractivity contribution in [3.05, 3.63) is 41.2 Å². The Bertz CT molecular complexity index is 739. The van der Waals surface area contributed by atoms with Crippen LogP contribution in [0.5, 0.6) is 0 Å². The fourth-order valence-electron chi connectivity index (χ4n) is 3.05. The molecule has 0 bridgehead atoms. The predicted molar refractivity (Wildman–Crippen MR) is 107 cm³/mol. The van der Waals surface area contributed by atoms with Crippen LogP contribution in [0.4, 0.5) is 0 Å². The zero-order chi connectivity index (χ0) is 19.1. The summed E-state index contributed by atoms with van der Waals surface area (Å²) in [6.07, 6.45) is 4.57. The lowest BCUT2D eigenvalue weighted by Gasteiger charge is -2.08.